The number of nitrogens with zero attached hydrogens (tertiary/aromatic N) is 4. The Hall–Kier alpha value is -3.07. The predicted molar refractivity (Wildman–Crippen MR) is 114 cm³/mol. The van der Waals surface area contributed by atoms with Gasteiger partial charge in [-0.1, -0.05) is 59.6 Å². The maximum Gasteiger partial charge on any atom is 0.345 e. The van der Waals surface area contributed by atoms with Crippen LogP contribution in [0.5, 0.6) is 0 Å². The number of anilines is 1. The highest BCUT2D eigenvalue weighted by Crippen LogP contribution is 2.34. The molecule has 144 valence electrons. The quantitative estimate of drug-likeness (QED) is 0.314. The van der Waals surface area contributed by atoms with Crippen LogP contribution in [0.25, 0.3) is 6.08 Å². The van der Waals surface area contributed by atoms with Gasteiger partial charge in [-0.25, -0.2) is 14.9 Å². The lowest BCUT2D eigenvalue weighted by Gasteiger charge is -2.14. The molecule has 2 aromatic carbocycles. The van der Waals surface area contributed by atoms with E-state index in [9.17, 15) is 14.9 Å². The molecule has 0 bridgehead atoms. The van der Waals surface area contributed by atoms with E-state index in [1.807, 2.05) is 18.2 Å². The average molecular weight is 445 g/mol. The van der Waals surface area contributed by atoms with E-state index in [2.05, 4.69) is 9.98 Å². The molecule has 1 aliphatic rings. The van der Waals surface area contributed by atoms with Crippen molar-refractivity contribution in [3.05, 3.63) is 91.7 Å². The number of benzene rings is 2. The molecule has 0 aliphatic carbocycles. The third kappa shape index (κ3) is 3.77. The first-order valence-electron chi connectivity index (χ1n) is 8.19. The van der Waals surface area contributed by atoms with E-state index < -0.39 is 10.8 Å². The Kier molecular flexibility index (Phi) is 5.14. The highest BCUT2D eigenvalue weighted by Gasteiger charge is 2.35. The second-order valence-electron chi connectivity index (χ2n) is 5.88. The van der Waals surface area contributed by atoms with E-state index in [0.717, 1.165) is 17.5 Å². The van der Waals surface area contributed by atoms with Gasteiger partial charge in [0.1, 0.15) is 17.7 Å². The van der Waals surface area contributed by atoms with Gasteiger partial charge in [0, 0.05) is 15.6 Å². The van der Waals surface area contributed by atoms with Gasteiger partial charge in [0.05, 0.1) is 4.92 Å². The molecule has 1 aliphatic heterocycles. The minimum absolute atomic E-state index is 0.130. The van der Waals surface area contributed by atoms with Crippen molar-refractivity contribution < 1.29 is 9.72 Å². The molecule has 0 saturated heterocycles. The smallest absolute Gasteiger partial charge is 0.266 e. The zero-order valence-electron chi connectivity index (χ0n) is 14.5. The fourth-order valence-corrected chi connectivity index (χ4v) is 3.88. The van der Waals surface area contributed by atoms with Crippen LogP contribution >= 0.6 is 34.5 Å². The van der Waals surface area contributed by atoms with Crippen LogP contribution in [-0.4, -0.2) is 21.7 Å². The largest absolute Gasteiger partial charge is 0.345 e. The molecule has 1 amide bonds. The molecular formula is C19H10Cl2N4O3S. The minimum atomic E-state index is -0.550. The molecule has 0 N–H and O–H groups in total. The fraction of sp³-hybridized carbons (Fsp3) is 0. The summed E-state index contributed by atoms with van der Waals surface area (Å²) in [7, 11) is 0. The number of nitro groups is 1. The van der Waals surface area contributed by atoms with Crippen molar-refractivity contribution in [1.82, 2.24) is 4.98 Å². The van der Waals surface area contributed by atoms with E-state index >= 15 is 0 Å². The highest BCUT2D eigenvalue weighted by atomic mass is 35.5. The number of carbonyl (C=O) groups excluding carboxylic acids is 1. The van der Waals surface area contributed by atoms with Crippen molar-refractivity contribution in [2.45, 2.75) is 0 Å². The Morgan fingerprint density at radius 2 is 1.90 bits per heavy atom. The van der Waals surface area contributed by atoms with Crippen LogP contribution in [0, 0.1) is 10.1 Å². The Bertz CT molecular complexity index is 1190. The SMILES string of the molecule is O=C1C(=Cc2ccc(Cl)cc2Cl)N=C(c2ccccc2)N1c1ncc([N+](=O)[O-])s1. The summed E-state index contributed by atoms with van der Waals surface area (Å²) in [5.74, 6) is -0.129. The number of hydrogen-bond donors (Lipinski definition) is 0. The third-order valence-electron chi connectivity index (χ3n) is 4.00. The average Bonchev–Trinajstić information content (AvgIpc) is 3.30. The zero-order chi connectivity index (χ0) is 20.5. The van der Waals surface area contributed by atoms with Crippen molar-refractivity contribution >= 4 is 62.5 Å². The van der Waals surface area contributed by atoms with Crippen LogP contribution in [0.1, 0.15) is 11.1 Å². The lowest BCUT2D eigenvalue weighted by atomic mass is 10.2. The van der Waals surface area contributed by atoms with Gasteiger partial charge in [0.2, 0.25) is 5.13 Å². The summed E-state index contributed by atoms with van der Waals surface area (Å²) in [5, 5.41) is 11.9. The Labute approximate surface area is 178 Å². The summed E-state index contributed by atoms with van der Waals surface area (Å²) in [4.78, 5) is 33.4. The van der Waals surface area contributed by atoms with Gasteiger partial charge in [-0.15, -0.1) is 0 Å². The molecule has 0 fully saturated rings. The summed E-state index contributed by atoms with van der Waals surface area (Å²) in [6, 6.07) is 13.9. The number of thiazole rings is 1. The van der Waals surface area contributed by atoms with E-state index in [1.165, 1.54) is 4.90 Å². The Morgan fingerprint density at radius 1 is 1.14 bits per heavy atom. The molecule has 2 heterocycles. The molecule has 4 rings (SSSR count). The topological polar surface area (TPSA) is 88.7 Å². The standard InChI is InChI=1S/C19H10Cl2N4O3S/c20-13-7-6-12(14(21)9-13)8-15-18(26)24(19-22-10-16(29-19)25(27)28)17(23-15)11-4-2-1-3-5-11/h1-10H. The first-order valence-corrected chi connectivity index (χ1v) is 9.77. The first kappa shape index (κ1) is 19.3. The van der Waals surface area contributed by atoms with E-state index in [-0.39, 0.29) is 15.8 Å². The number of halogens is 2. The van der Waals surface area contributed by atoms with Gasteiger partial charge in [-0.3, -0.25) is 14.9 Å². The summed E-state index contributed by atoms with van der Waals surface area (Å²) in [6.45, 7) is 0. The molecule has 3 aromatic rings. The van der Waals surface area contributed by atoms with Gasteiger partial charge in [-0.2, -0.15) is 0 Å². The van der Waals surface area contributed by atoms with Crippen molar-refractivity contribution in [3.63, 3.8) is 0 Å². The first-order chi connectivity index (χ1) is 13.9. The van der Waals surface area contributed by atoms with Crippen LogP contribution in [-0.2, 0) is 4.79 Å². The predicted octanol–water partition coefficient (Wildman–Crippen LogP) is 5.19. The van der Waals surface area contributed by atoms with Gasteiger partial charge in [-0.05, 0) is 35.1 Å². The number of aliphatic imine (C=N–C) groups is 1. The normalized spacial score (nSPS) is 15.1. The van der Waals surface area contributed by atoms with Crippen LogP contribution in [0.3, 0.4) is 0 Å². The summed E-state index contributed by atoms with van der Waals surface area (Å²) in [5.41, 5.74) is 1.37. The molecular weight excluding hydrogens is 435 g/mol. The van der Waals surface area contributed by atoms with Gasteiger partial charge >= 0.3 is 5.00 Å². The van der Waals surface area contributed by atoms with Crippen molar-refractivity contribution in [2.75, 3.05) is 4.90 Å². The van der Waals surface area contributed by atoms with Crippen LogP contribution in [0.2, 0.25) is 10.0 Å². The molecule has 0 unspecified atom stereocenters. The third-order valence-corrected chi connectivity index (χ3v) is 5.50. The number of rotatable bonds is 4. The summed E-state index contributed by atoms with van der Waals surface area (Å²) >= 11 is 12.9. The number of amidine groups is 1. The molecule has 29 heavy (non-hydrogen) atoms. The number of hydrogen-bond acceptors (Lipinski definition) is 6. The van der Waals surface area contributed by atoms with Gasteiger partial charge in [0.15, 0.2) is 0 Å². The van der Waals surface area contributed by atoms with Crippen LogP contribution < -0.4 is 4.90 Å². The van der Waals surface area contributed by atoms with E-state index in [4.69, 9.17) is 23.2 Å². The molecule has 7 nitrogen and oxygen atoms in total. The molecule has 1 aromatic heterocycles. The van der Waals surface area contributed by atoms with Crippen LogP contribution in [0.15, 0.2) is 65.4 Å². The van der Waals surface area contributed by atoms with E-state index in [1.54, 1.807) is 36.4 Å². The molecule has 10 heteroatoms. The van der Waals surface area contributed by atoms with Gasteiger partial charge < -0.3 is 0 Å². The second-order valence-corrected chi connectivity index (χ2v) is 7.71. The van der Waals surface area contributed by atoms with E-state index in [0.29, 0.717) is 27.0 Å². The summed E-state index contributed by atoms with van der Waals surface area (Å²) in [6.07, 6.45) is 2.67. The van der Waals surface area contributed by atoms with Gasteiger partial charge in [0.25, 0.3) is 5.91 Å². The summed E-state index contributed by atoms with van der Waals surface area (Å²) < 4.78 is 0. The Morgan fingerprint density at radius 3 is 2.55 bits per heavy atom. The maximum atomic E-state index is 13.1. The van der Waals surface area contributed by atoms with Crippen molar-refractivity contribution in [1.29, 1.82) is 0 Å². The van der Waals surface area contributed by atoms with Crippen molar-refractivity contribution in [2.24, 2.45) is 4.99 Å². The molecule has 0 spiro atoms. The number of aromatic nitrogens is 1. The zero-order valence-corrected chi connectivity index (χ0v) is 16.8. The molecule has 0 saturated carbocycles. The number of amides is 1. The minimum Gasteiger partial charge on any atom is -0.266 e. The highest BCUT2D eigenvalue weighted by molar-refractivity contribution is 7.19. The second kappa shape index (κ2) is 7.75. The maximum absolute atomic E-state index is 13.1. The lowest BCUT2D eigenvalue weighted by Crippen LogP contribution is -2.32. The van der Waals surface area contributed by atoms with Crippen LogP contribution in [0.4, 0.5) is 10.1 Å². The Balaban J connectivity index is 1.82. The molecule has 0 atom stereocenters. The molecule has 0 radical (unpaired) electrons. The monoisotopic (exact) mass is 444 g/mol. The number of carbonyl (C=O) groups is 1. The van der Waals surface area contributed by atoms with Crippen molar-refractivity contribution in [3.8, 4) is 0 Å². The lowest BCUT2D eigenvalue weighted by molar-refractivity contribution is -0.380. The fourth-order valence-electron chi connectivity index (χ4n) is 2.69.